The van der Waals surface area contributed by atoms with E-state index < -0.39 is 10.0 Å². The second-order valence-electron chi connectivity index (χ2n) is 4.83. The van der Waals surface area contributed by atoms with Gasteiger partial charge < -0.3 is 10.5 Å². The van der Waals surface area contributed by atoms with Gasteiger partial charge in [0, 0.05) is 25.9 Å². The average molecular weight is 329 g/mol. The normalized spacial score (nSPS) is 20.3. The Kier molecular flexibility index (Phi) is 5.26. The summed E-state index contributed by atoms with van der Waals surface area (Å²) in [5, 5.41) is 0. The first kappa shape index (κ1) is 16.3. The monoisotopic (exact) mass is 329 g/mol. The van der Waals surface area contributed by atoms with Crippen molar-refractivity contribution in [1.29, 1.82) is 0 Å². The van der Waals surface area contributed by atoms with Gasteiger partial charge in [-0.25, -0.2) is 8.42 Å². The van der Waals surface area contributed by atoms with Crippen molar-refractivity contribution < 1.29 is 13.2 Å². The molecule has 116 valence electrons. The molecule has 2 N–H and O–H groups in total. The van der Waals surface area contributed by atoms with Crippen molar-refractivity contribution in [3.8, 4) is 0 Å². The second-order valence-corrected chi connectivity index (χ2v) is 7.20. The Labute approximate surface area is 130 Å². The molecule has 0 radical (unpaired) electrons. The Hall–Kier alpha value is -1.09. The lowest BCUT2D eigenvalue weighted by Gasteiger charge is -2.31. The van der Waals surface area contributed by atoms with E-state index >= 15 is 0 Å². The first-order chi connectivity index (χ1) is 9.95. The van der Waals surface area contributed by atoms with Crippen molar-refractivity contribution in [3.05, 3.63) is 24.0 Å². The number of rotatable bonds is 5. The third-order valence-corrected chi connectivity index (χ3v) is 5.43. The first-order valence-electron chi connectivity index (χ1n) is 6.82. The van der Waals surface area contributed by atoms with E-state index in [1.54, 1.807) is 0 Å². The van der Waals surface area contributed by atoms with Crippen molar-refractivity contribution in [1.82, 2.24) is 9.29 Å². The Morgan fingerprint density at radius 3 is 2.90 bits per heavy atom. The molecule has 0 amide bonds. The maximum absolute atomic E-state index is 12.6. The van der Waals surface area contributed by atoms with Crippen molar-refractivity contribution in [3.63, 3.8) is 0 Å². The number of hydrogen-bond acceptors (Lipinski definition) is 5. The molecule has 1 atom stereocenters. The van der Waals surface area contributed by atoms with Crippen molar-refractivity contribution in [2.45, 2.75) is 30.8 Å². The molecule has 1 aliphatic rings. The largest absolute Gasteiger partial charge is 0.388 e. The van der Waals surface area contributed by atoms with Crippen LogP contribution in [0.3, 0.4) is 0 Å². The number of piperidine rings is 1. The summed E-state index contributed by atoms with van der Waals surface area (Å²) in [7, 11) is -3.55. The first-order valence-corrected chi connectivity index (χ1v) is 8.67. The third kappa shape index (κ3) is 3.76. The quantitative estimate of drug-likeness (QED) is 0.808. The van der Waals surface area contributed by atoms with E-state index in [4.69, 9.17) is 22.7 Å². The summed E-state index contributed by atoms with van der Waals surface area (Å²) in [4.78, 5) is 4.29. The van der Waals surface area contributed by atoms with Gasteiger partial charge in [-0.3, -0.25) is 4.98 Å². The number of ether oxygens (including phenoxy) is 1. The maximum Gasteiger partial charge on any atom is 0.244 e. The highest BCUT2D eigenvalue weighted by Gasteiger charge is 2.30. The van der Waals surface area contributed by atoms with Gasteiger partial charge in [-0.05, 0) is 31.9 Å². The van der Waals surface area contributed by atoms with E-state index in [0.29, 0.717) is 25.4 Å². The molecular weight excluding hydrogens is 310 g/mol. The van der Waals surface area contributed by atoms with Crippen molar-refractivity contribution in [2.75, 3.05) is 19.7 Å². The molecule has 1 fully saturated rings. The number of pyridine rings is 1. The van der Waals surface area contributed by atoms with Crippen LogP contribution in [0.2, 0.25) is 0 Å². The zero-order valence-corrected chi connectivity index (χ0v) is 13.5. The van der Waals surface area contributed by atoms with Crippen molar-refractivity contribution in [2.24, 2.45) is 5.73 Å². The summed E-state index contributed by atoms with van der Waals surface area (Å²) in [6.07, 6.45) is 2.94. The van der Waals surface area contributed by atoms with Gasteiger partial charge in [0.1, 0.15) is 9.88 Å². The molecule has 8 heteroatoms. The molecule has 0 bridgehead atoms. The molecule has 6 nitrogen and oxygen atoms in total. The van der Waals surface area contributed by atoms with E-state index in [9.17, 15) is 8.42 Å². The summed E-state index contributed by atoms with van der Waals surface area (Å²) in [6, 6.07) is 3.01. The van der Waals surface area contributed by atoms with Crippen LogP contribution in [0.5, 0.6) is 0 Å². The molecule has 0 aliphatic carbocycles. The number of hydrogen-bond donors (Lipinski definition) is 1. The van der Waals surface area contributed by atoms with Crippen LogP contribution in [-0.2, 0) is 14.8 Å². The maximum atomic E-state index is 12.6. The molecule has 0 aromatic carbocycles. The minimum Gasteiger partial charge on any atom is -0.388 e. The summed E-state index contributed by atoms with van der Waals surface area (Å²) in [6.45, 7) is 3.38. The molecular formula is C13H19N3O3S2. The molecule has 1 saturated heterocycles. The van der Waals surface area contributed by atoms with E-state index in [0.717, 1.165) is 12.8 Å². The van der Waals surface area contributed by atoms with E-state index in [1.165, 1.54) is 22.6 Å². The number of nitrogens with two attached hydrogens (primary N) is 1. The van der Waals surface area contributed by atoms with Crippen LogP contribution in [0.25, 0.3) is 0 Å². The van der Waals surface area contributed by atoms with Gasteiger partial charge in [-0.2, -0.15) is 4.31 Å². The highest BCUT2D eigenvalue weighted by molar-refractivity contribution is 7.89. The lowest BCUT2D eigenvalue weighted by Crippen LogP contribution is -2.43. The van der Waals surface area contributed by atoms with Gasteiger partial charge in [-0.15, -0.1) is 0 Å². The fourth-order valence-electron chi connectivity index (χ4n) is 2.32. The van der Waals surface area contributed by atoms with Crippen LogP contribution in [0.4, 0.5) is 0 Å². The van der Waals surface area contributed by atoms with Gasteiger partial charge >= 0.3 is 0 Å². The number of sulfonamides is 1. The van der Waals surface area contributed by atoms with E-state index in [1.807, 2.05) is 6.92 Å². The second kappa shape index (κ2) is 6.78. The minimum atomic E-state index is -3.55. The van der Waals surface area contributed by atoms with E-state index in [2.05, 4.69) is 4.98 Å². The molecule has 1 unspecified atom stereocenters. The Morgan fingerprint density at radius 1 is 1.57 bits per heavy atom. The summed E-state index contributed by atoms with van der Waals surface area (Å²) in [5.41, 5.74) is 5.87. The zero-order chi connectivity index (χ0) is 15.5. The highest BCUT2D eigenvalue weighted by atomic mass is 32.2. The third-order valence-electron chi connectivity index (χ3n) is 3.37. The molecule has 21 heavy (non-hydrogen) atoms. The summed E-state index contributed by atoms with van der Waals surface area (Å²) >= 11 is 4.81. The molecule has 2 heterocycles. The number of aromatic nitrogens is 1. The SMILES string of the molecule is CCOC1CCCN(S(=O)(=O)c2ccc(C(N)=S)nc2)C1. The Balaban J connectivity index is 2.18. The van der Waals surface area contributed by atoms with Crippen molar-refractivity contribution >= 4 is 27.2 Å². The van der Waals surface area contributed by atoms with Crippen LogP contribution in [0.1, 0.15) is 25.5 Å². The zero-order valence-electron chi connectivity index (χ0n) is 11.9. The average Bonchev–Trinajstić information content (AvgIpc) is 2.48. The molecule has 0 saturated carbocycles. The van der Waals surface area contributed by atoms with Crippen LogP contribution in [0, 0.1) is 0 Å². The van der Waals surface area contributed by atoms with Crippen LogP contribution in [-0.4, -0.2) is 48.5 Å². The van der Waals surface area contributed by atoms with E-state index in [-0.39, 0.29) is 16.0 Å². The van der Waals surface area contributed by atoms with Crippen LogP contribution in [0.15, 0.2) is 23.2 Å². The Morgan fingerprint density at radius 2 is 2.33 bits per heavy atom. The number of thiocarbonyl (C=S) groups is 1. The van der Waals surface area contributed by atoms with Gasteiger partial charge in [-0.1, -0.05) is 12.2 Å². The molecule has 1 aliphatic heterocycles. The van der Waals surface area contributed by atoms with Gasteiger partial charge in [0.25, 0.3) is 0 Å². The van der Waals surface area contributed by atoms with Gasteiger partial charge in [0.2, 0.25) is 10.0 Å². The summed E-state index contributed by atoms with van der Waals surface area (Å²) in [5.74, 6) is 0. The minimum absolute atomic E-state index is 0.0395. The fourth-order valence-corrected chi connectivity index (χ4v) is 3.90. The topological polar surface area (TPSA) is 85.5 Å². The number of nitrogens with zero attached hydrogens (tertiary/aromatic N) is 2. The lowest BCUT2D eigenvalue weighted by atomic mass is 10.1. The van der Waals surface area contributed by atoms with Crippen LogP contribution >= 0.6 is 12.2 Å². The molecule has 2 rings (SSSR count). The van der Waals surface area contributed by atoms with Crippen LogP contribution < -0.4 is 5.73 Å². The standard InChI is InChI=1S/C13H19N3O3S2/c1-2-19-10-4-3-7-16(9-10)21(17,18)11-5-6-12(13(14)20)15-8-11/h5-6,8,10H,2-4,7,9H2,1H3,(H2,14,20). The van der Waals surface area contributed by atoms with Gasteiger partial charge in [0.05, 0.1) is 11.8 Å². The summed E-state index contributed by atoms with van der Waals surface area (Å²) < 4.78 is 32.2. The fraction of sp³-hybridized carbons (Fsp3) is 0.538. The van der Waals surface area contributed by atoms with Gasteiger partial charge in [0.15, 0.2) is 0 Å². The smallest absolute Gasteiger partial charge is 0.244 e. The predicted octanol–water partition coefficient (Wildman–Crippen LogP) is 0.905. The molecule has 1 aromatic heterocycles. The molecule has 0 spiro atoms. The Bertz CT molecular complexity index is 600. The highest BCUT2D eigenvalue weighted by Crippen LogP contribution is 2.21. The predicted molar refractivity (Wildman–Crippen MR) is 83.5 cm³/mol. The molecule has 1 aromatic rings. The lowest BCUT2D eigenvalue weighted by molar-refractivity contribution is 0.0265.